The van der Waals surface area contributed by atoms with Crippen LogP contribution in [0.4, 0.5) is 8.78 Å². The number of nitrogens with one attached hydrogen (secondary N) is 1. The first-order valence-corrected chi connectivity index (χ1v) is 2.99. The van der Waals surface area contributed by atoms with E-state index in [1.807, 2.05) is 0 Å². The highest BCUT2D eigenvalue weighted by Gasteiger charge is 2.31. The van der Waals surface area contributed by atoms with Crippen molar-refractivity contribution < 1.29 is 13.2 Å². The monoisotopic (exact) mass is 163 g/mol. The molecule has 0 atom stereocenters. The Balaban J connectivity index is 3.24. The Morgan fingerprint density at radius 3 is 2.27 bits per heavy atom. The van der Waals surface area contributed by atoms with E-state index in [2.05, 4.69) is 9.40 Å². The summed E-state index contributed by atoms with van der Waals surface area (Å²) in [6.45, 7) is 2.03. The molecule has 0 bridgehead atoms. The Morgan fingerprint density at radius 1 is 1.55 bits per heavy atom. The molecule has 0 aliphatic carbocycles. The molecule has 62 valence electrons. The van der Waals surface area contributed by atoms with E-state index in [-0.39, 0.29) is 5.69 Å². The summed E-state index contributed by atoms with van der Waals surface area (Å²) >= 11 is 0. The van der Waals surface area contributed by atoms with E-state index < -0.39 is 17.4 Å². The summed E-state index contributed by atoms with van der Waals surface area (Å²) in [6, 6.07) is 0. The van der Waals surface area contributed by atoms with Gasteiger partial charge in [-0.05, 0) is 6.92 Å². The van der Waals surface area contributed by atoms with E-state index in [1.54, 1.807) is 0 Å². The van der Waals surface area contributed by atoms with Gasteiger partial charge in [0.2, 0.25) is 0 Å². The number of hydrogen-bond donors (Lipinski definition) is 1. The molecule has 0 saturated heterocycles. The van der Waals surface area contributed by atoms with Crippen LogP contribution in [0.2, 0.25) is 0 Å². The summed E-state index contributed by atoms with van der Waals surface area (Å²) in [7, 11) is 0. The number of rotatable bonds is 1. The number of alkyl halides is 2. The zero-order chi connectivity index (χ0) is 8.65. The standard InChI is InChI=1S/C6H7F2NO2/c1-3-4(6(2,7)8)11-5(10)9-3/h1-2H3,(H,9,10). The number of aromatic nitrogens is 1. The first kappa shape index (κ1) is 7.97. The number of oxazole rings is 1. The lowest BCUT2D eigenvalue weighted by Gasteiger charge is -2.05. The van der Waals surface area contributed by atoms with Gasteiger partial charge in [0.1, 0.15) is 0 Å². The van der Waals surface area contributed by atoms with Crippen molar-refractivity contribution >= 4 is 0 Å². The number of aryl methyl sites for hydroxylation is 1. The minimum Gasteiger partial charge on any atom is -0.406 e. The smallest absolute Gasteiger partial charge is 0.406 e. The van der Waals surface area contributed by atoms with Crippen molar-refractivity contribution in [2.24, 2.45) is 0 Å². The van der Waals surface area contributed by atoms with Crippen LogP contribution in [-0.4, -0.2) is 4.98 Å². The summed E-state index contributed by atoms with van der Waals surface area (Å²) in [5, 5.41) is 0. The van der Waals surface area contributed by atoms with Gasteiger partial charge >= 0.3 is 11.7 Å². The highest BCUT2D eigenvalue weighted by molar-refractivity contribution is 5.09. The van der Waals surface area contributed by atoms with Gasteiger partial charge in [-0.1, -0.05) is 0 Å². The van der Waals surface area contributed by atoms with Gasteiger partial charge in [0.15, 0.2) is 5.76 Å². The number of H-pyrrole nitrogens is 1. The van der Waals surface area contributed by atoms with Crippen molar-refractivity contribution in [1.29, 1.82) is 0 Å². The molecule has 0 radical (unpaired) electrons. The van der Waals surface area contributed by atoms with E-state index in [1.165, 1.54) is 6.92 Å². The first-order chi connectivity index (χ1) is 4.91. The van der Waals surface area contributed by atoms with Crippen LogP contribution in [0.5, 0.6) is 0 Å². The fraction of sp³-hybridized carbons (Fsp3) is 0.500. The lowest BCUT2D eigenvalue weighted by atomic mass is 10.2. The molecule has 0 spiro atoms. The molecule has 1 aromatic heterocycles. The van der Waals surface area contributed by atoms with Gasteiger partial charge in [-0.25, -0.2) is 4.79 Å². The van der Waals surface area contributed by atoms with Crippen molar-refractivity contribution in [3.63, 3.8) is 0 Å². The molecule has 0 fully saturated rings. The molecular formula is C6H7F2NO2. The van der Waals surface area contributed by atoms with Gasteiger partial charge in [-0.15, -0.1) is 0 Å². The maximum Gasteiger partial charge on any atom is 0.416 e. The van der Waals surface area contributed by atoms with Crippen LogP contribution >= 0.6 is 0 Å². The maximum absolute atomic E-state index is 12.5. The van der Waals surface area contributed by atoms with Gasteiger partial charge in [-0.2, -0.15) is 8.78 Å². The Morgan fingerprint density at radius 2 is 2.09 bits per heavy atom. The Labute approximate surface area is 61.0 Å². The summed E-state index contributed by atoms with van der Waals surface area (Å²) in [6.07, 6.45) is 0. The minimum absolute atomic E-state index is 0.0718. The van der Waals surface area contributed by atoms with E-state index in [4.69, 9.17) is 0 Å². The minimum atomic E-state index is -3.09. The predicted octanol–water partition coefficient (Wildman–Crippen LogP) is 1.39. The molecule has 0 unspecified atom stereocenters. The van der Waals surface area contributed by atoms with Crippen LogP contribution in [0.1, 0.15) is 18.4 Å². The van der Waals surface area contributed by atoms with E-state index in [0.29, 0.717) is 6.92 Å². The Bertz CT molecular complexity index is 307. The van der Waals surface area contributed by atoms with Crippen LogP contribution in [0.15, 0.2) is 9.21 Å². The van der Waals surface area contributed by atoms with Crippen LogP contribution < -0.4 is 5.76 Å². The fourth-order valence-electron chi connectivity index (χ4n) is 0.823. The summed E-state index contributed by atoms with van der Waals surface area (Å²) < 4.78 is 29.2. The molecule has 0 amide bonds. The third kappa shape index (κ3) is 1.47. The van der Waals surface area contributed by atoms with Crippen LogP contribution in [-0.2, 0) is 5.92 Å². The molecule has 1 rings (SSSR count). The molecule has 0 aliphatic heterocycles. The summed E-state index contributed by atoms with van der Waals surface area (Å²) in [4.78, 5) is 12.5. The SMILES string of the molecule is Cc1[nH]c(=O)oc1C(C)(F)F. The van der Waals surface area contributed by atoms with Gasteiger partial charge in [0.05, 0.1) is 5.69 Å². The molecule has 1 N–H and O–H groups in total. The molecule has 0 aliphatic rings. The zero-order valence-electron chi connectivity index (χ0n) is 6.07. The van der Waals surface area contributed by atoms with Crippen molar-refractivity contribution in [2.75, 3.05) is 0 Å². The van der Waals surface area contributed by atoms with Crippen molar-refractivity contribution in [2.45, 2.75) is 19.8 Å². The van der Waals surface area contributed by atoms with Gasteiger partial charge < -0.3 is 4.42 Å². The predicted molar refractivity (Wildman–Crippen MR) is 33.6 cm³/mol. The molecule has 1 aromatic rings. The van der Waals surface area contributed by atoms with Crippen molar-refractivity contribution in [3.8, 4) is 0 Å². The molecule has 5 heteroatoms. The third-order valence-electron chi connectivity index (χ3n) is 1.22. The Hall–Kier alpha value is -1.13. The number of aromatic amines is 1. The van der Waals surface area contributed by atoms with E-state index in [0.717, 1.165) is 0 Å². The molecule has 3 nitrogen and oxygen atoms in total. The largest absolute Gasteiger partial charge is 0.416 e. The van der Waals surface area contributed by atoms with Gasteiger partial charge in [0.25, 0.3) is 0 Å². The highest BCUT2D eigenvalue weighted by Crippen LogP contribution is 2.27. The van der Waals surface area contributed by atoms with Crippen molar-refractivity contribution in [3.05, 3.63) is 22.0 Å². The zero-order valence-corrected chi connectivity index (χ0v) is 6.07. The third-order valence-corrected chi connectivity index (χ3v) is 1.22. The summed E-state index contributed by atoms with van der Waals surface area (Å²) in [5.74, 6) is -4.54. The summed E-state index contributed by atoms with van der Waals surface area (Å²) in [5.41, 5.74) is 0.0718. The molecule has 0 saturated carbocycles. The number of halogens is 2. The average Bonchev–Trinajstić information content (AvgIpc) is 2.08. The second-order valence-electron chi connectivity index (χ2n) is 2.36. The number of hydrogen-bond acceptors (Lipinski definition) is 2. The lowest BCUT2D eigenvalue weighted by molar-refractivity contribution is -0.00712. The highest BCUT2D eigenvalue weighted by atomic mass is 19.3. The fourth-order valence-corrected chi connectivity index (χ4v) is 0.823. The second-order valence-corrected chi connectivity index (χ2v) is 2.36. The van der Waals surface area contributed by atoms with Crippen LogP contribution in [0, 0.1) is 6.92 Å². The van der Waals surface area contributed by atoms with Crippen molar-refractivity contribution in [1.82, 2.24) is 4.98 Å². The molecular weight excluding hydrogens is 156 g/mol. The Kier molecular flexibility index (Phi) is 1.58. The molecule has 0 aromatic carbocycles. The molecule has 1 heterocycles. The first-order valence-electron chi connectivity index (χ1n) is 2.99. The molecule has 11 heavy (non-hydrogen) atoms. The van der Waals surface area contributed by atoms with E-state index >= 15 is 0 Å². The average molecular weight is 163 g/mol. The topological polar surface area (TPSA) is 46.0 Å². The second kappa shape index (κ2) is 2.18. The van der Waals surface area contributed by atoms with Crippen LogP contribution in [0.25, 0.3) is 0 Å². The van der Waals surface area contributed by atoms with E-state index in [9.17, 15) is 13.6 Å². The van der Waals surface area contributed by atoms with Gasteiger partial charge in [0, 0.05) is 6.92 Å². The lowest BCUT2D eigenvalue weighted by Crippen LogP contribution is -2.07. The van der Waals surface area contributed by atoms with Crippen LogP contribution in [0.3, 0.4) is 0 Å². The van der Waals surface area contributed by atoms with Gasteiger partial charge in [-0.3, -0.25) is 4.98 Å². The quantitative estimate of drug-likeness (QED) is 0.679. The normalized spacial score (nSPS) is 12.0. The maximum atomic E-state index is 12.5.